The van der Waals surface area contributed by atoms with E-state index in [1.54, 1.807) is 4.90 Å². The molecule has 2 unspecified atom stereocenters. The topological polar surface area (TPSA) is 70.1 Å². The Balaban J connectivity index is 1.79. The summed E-state index contributed by atoms with van der Waals surface area (Å²) in [5.41, 5.74) is 0. The summed E-state index contributed by atoms with van der Waals surface area (Å²) >= 11 is 0. The third kappa shape index (κ3) is 3.20. The van der Waals surface area contributed by atoms with E-state index < -0.39 is 5.97 Å². The number of aliphatic carboxylic acids is 1. The number of carbonyl (C=O) groups is 2. The molecule has 0 aromatic rings. The van der Waals surface area contributed by atoms with Gasteiger partial charge < -0.3 is 14.7 Å². The van der Waals surface area contributed by atoms with E-state index in [9.17, 15) is 9.59 Å². The fourth-order valence-electron chi connectivity index (χ4n) is 2.51. The number of ether oxygens (including phenoxy) is 1. The maximum atomic E-state index is 12.1. The summed E-state index contributed by atoms with van der Waals surface area (Å²) in [6.45, 7) is 4.48. The minimum Gasteiger partial charge on any atom is -0.480 e. The molecule has 0 aliphatic carbocycles. The van der Waals surface area contributed by atoms with Crippen molar-refractivity contribution in [1.82, 2.24) is 9.80 Å². The van der Waals surface area contributed by atoms with Crippen molar-refractivity contribution >= 4 is 11.9 Å². The Morgan fingerprint density at radius 2 is 1.89 bits per heavy atom. The van der Waals surface area contributed by atoms with Crippen molar-refractivity contribution in [3.05, 3.63) is 0 Å². The second kappa shape index (κ2) is 5.67. The molecular formula is C12H20N2O4. The highest BCUT2D eigenvalue weighted by Crippen LogP contribution is 2.21. The van der Waals surface area contributed by atoms with E-state index in [-0.39, 0.29) is 24.7 Å². The zero-order chi connectivity index (χ0) is 13.1. The van der Waals surface area contributed by atoms with Crippen LogP contribution >= 0.6 is 0 Å². The maximum absolute atomic E-state index is 12.1. The molecule has 2 aliphatic rings. The molecule has 1 N–H and O–H groups in total. The first-order chi connectivity index (χ1) is 8.56. The predicted octanol–water partition coefficient (Wildman–Crippen LogP) is -0.217. The van der Waals surface area contributed by atoms with Crippen molar-refractivity contribution in [2.75, 3.05) is 32.7 Å². The number of carboxylic acid groups (broad SMARTS) is 1. The van der Waals surface area contributed by atoms with Gasteiger partial charge in [0.2, 0.25) is 0 Å². The van der Waals surface area contributed by atoms with Gasteiger partial charge in [0.05, 0.1) is 12.6 Å². The number of carboxylic acids is 1. The number of hydrogen-bond acceptors (Lipinski definition) is 4. The van der Waals surface area contributed by atoms with Crippen molar-refractivity contribution in [2.24, 2.45) is 0 Å². The van der Waals surface area contributed by atoms with Crippen LogP contribution in [-0.4, -0.2) is 71.7 Å². The average Bonchev–Trinajstić information content (AvgIpc) is 2.75. The third-order valence-corrected chi connectivity index (χ3v) is 3.55. The highest BCUT2D eigenvalue weighted by Gasteiger charge is 2.33. The first kappa shape index (κ1) is 13.3. The second-order valence-electron chi connectivity index (χ2n) is 5.01. The van der Waals surface area contributed by atoms with Crippen LogP contribution in [0, 0.1) is 0 Å². The zero-order valence-electron chi connectivity index (χ0n) is 10.7. The summed E-state index contributed by atoms with van der Waals surface area (Å²) in [5, 5.41) is 8.70. The van der Waals surface area contributed by atoms with Gasteiger partial charge in [-0.3, -0.25) is 14.5 Å². The lowest BCUT2D eigenvalue weighted by Crippen LogP contribution is -2.52. The van der Waals surface area contributed by atoms with E-state index in [1.165, 1.54) is 0 Å². The summed E-state index contributed by atoms with van der Waals surface area (Å²) < 4.78 is 5.57. The lowest BCUT2D eigenvalue weighted by atomic mass is 10.2. The highest BCUT2D eigenvalue weighted by molar-refractivity contribution is 5.81. The van der Waals surface area contributed by atoms with E-state index in [1.807, 2.05) is 11.8 Å². The lowest BCUT2D eigenvalue weighted by Gasteiger charge is -2.34. The van der Waals surface area contributed by atoms with Gasteiger partial charge in [-0.05, 0) is 19.8 Å². The smallest absolute Gasteiger partial charge is 0.317 e. The molecule has 0 spiro atoms. The van der Waals surface area contributed by atoms with Crippen LogP contribution in [0.1, 0.15) is 19.8 Å². The number of carbonyl (C=O) groups excluding carboxylic acids is 1. The molecule has 2 saturated heterocycles. The van der Waals surface area contributed by atoms with E-state index in [4.69, 9.17) is 9.84 Å². The Kier molecular flexibility index (Phi) is 4.19. The fourth-order valence-corrected chi connectivity index (χ4v) is 2.51. The quantitative estimate of drug-likeness (QED) is 0.756. The lowest BCUT2D eigenvalue weighted by molar-refractivity contribution is -0.145. The van der Waals surface area contributed by atoms with E-state index >= 15 is 0 Å². The van der Waals surface area contributed by atoms with Crippen LogP contribution < -0.4 is 0 Å². The molecule has 0 bridgehead atoms. The molecule has 2 fully saturated rings. The van der Waals surface area contributed by atoms with Crippen LogP contribution in [0.2, 0.25) is 0 Å². The number of rotatable bonds is 3. The van der Waals surface area contributed by atoms with Gasteiger partial charge in [0.15, 0.2) is 0 Å². The number of hydrogen-bond donors (Lipinski definition) is 1. The molecule has 1 amide bonds. The minimum absolute atomic E-state index is 0.0546. The molecule has 2 rings (SSSR count). The summed E-state index contributed by atoms with van der Waals surface area (Å²) in [6.07, 6.45) is 1.63. The second-order valence-corrected chi connectivity index (χ2v) is 5.01. The molecule has 0 aromatic carbocycles. The standard InChI is InChI=1S/C12H20N2O4/c1-9-2-3-10(18-9)12(17)14-6-4-13(5-7-14)8-11(15)16/h9-10H,2-8H2,1H3,(H,15,16). The minimum atomic E-state index is -0.817. The monoisotopic (exact) mass is 256 g/mol. The fraction of sp³-hybridized carbons (Fsp3) is 0.833. The number of nitrogens with zero attached hydrogens (tertiary/aromatic N) is 2. The number of amides is 1. The average molecular weight is 256 g/mol. The first-order valence-electron chi connectivity index (χ1n) is 6.44. The summed E-state index contributed by atoms with van der Waals surface area (Å²) in [7, 11) is 0. The van der Waals surface area contributed by atoms with Crippen LogP contribution in [0.25, 0.3) is 0 Å². The van der Waals surface area contributed by atoms with Gasteiger partial charge in [-0.15, -0.1) is 0 Å². The summed E-state index contributed by atoms with van der Waals surface area (Å²) in [6, 6.07) is 0. The van der Waals surface area contributed by atoms with Gasteiger partial charge in [0.1, 0.15) is 6.10 Å². The van der Waals surface area contributed by atoms with Gasteiger partial charge in [-0.1, -0.05) is 0 Å². The maximum Gasteiger partial charge on any atom is 0.317 e. The molecule has 102 valence electrons. The molecule has 2 heterocycles. The van der Waals surface area contributed by atoms with Crippen LogP contribution in [-0.2, 0) is 14.3 Å². The zero-order valence-corrected chi connectivity index (χ0v) is 10.7. The Bertz CT molecular complexity index is 326. The summed E-state index contributed by atoms with van der Waals surface area (Å²) in [5.74, 6) is -0.753. The predicted molar refractivity (Wildman–Crippen MR) is 64.2 cm³/mol. The third-order valence-electron chi connectivity index (χ3n) is 3.55. The Hall–Kier alpha value is -1.14. The van der Waals surface area contributed by atoms with Crippen molar-refractivity contribution < 1.29 is 19.4 Å². The summed E-state index contributed by atoms with van der Waals surface area (Å²) in [4.78, 5) is 26.4. The van der Waals surface area contributed by atoms with Crippen LogP contribution in [0.15, 0.2) is 0 Å². The van der Waals surface area contributed by atoms with E-state index in [2.05, 4.69) is 0 Å². The Labute approximate surface area is 106 Å². The number of piperazine rings is 1. The molecule has 6 heteroatoms. The normalized spacial score (nSPS) is 29.5. The van der Waals surface area contributed by atoms with Gasteiger partial charge in [-0.2, -0.15) is 0 Å². The highest BCUT2D eigenvalue weighted by atomic mass is 16.5. The Morgan fingerprint density at radius 1 is 1.22 bits per heavy atom. The molecule has 18 heavy (non-hydrogen) atoms. The van der Waals surface area contributed by atoms with Crippen molar-refractivity contribution in [3.8, 4) is 0 Å². The van der Waals surface area contributed by atoms with E-state index in [0.717, 1.165) is 12.8 Å². The van der Waals surface area contributed by atoms with Gasteiger partial charge >= 0.3 is 5.97 Å². The van der Waals surface area contributed by atoms with Gasteiger partial charge in [0.25, 0.3) is 5.91 Å². The molecule has 2 atom stereocenters. The molecule has 2 aliphatic heterocycles. The van der Waals surface area contributed by atoms with Crippen LogP contribution in [0.3, 0.4) is 0 Å². The molecule has 0 radical (unpaired) electrons. The van der Waals surface area contributed by atoms with Crippen LogP contribution in [0.4, 0.5) is 0 Å². The van der Waals surface area contributed by atoms with Gasteiger partial charge in [-0.25, -0.2) is 0 Å². The van der Waals surface area contributed by atoms with Gasteiger partial charge in [0, 0.05) is 26.2 Å². The largest absolute Gasteiger partial charge is 0.480 e. The molecular weight excluding hydrogens is 236 g/mol. The first-order valence-corrected chi connectivity index (χ1v) is 6.44. The molecule has 0 saturated carbocycles. The van der Waals surface area contributed by atoms with E-state index in [0.29, 0.717) is 26.2 Å². The van der Waals surface area contributed by atoms with Crippen molar-refractivity contribution in [2.45, 2.75) is 32.0 Å². The molecule has 0 aromatic heterocycles. The molecule has 6 nitrogen and oxygen atoms in total. The SMILES string of the molecule is CC1CCC(C(=O)N2CCN(CC(=O)O)CC2)O1. The van der Waals surface area contributed by atoms with Crippen LogP contribution in [0.5, 0.6) is 0 Å². The van der Waals surface area contributed by atoms with Crippen molar-refractivity contribution in [3.63, 3.8) is 0 Å². The van der Waals surface area contributed by atoms with Crippen molar-refractivity contribution in [1.29, 1.82) is 0 Å². The Morgan fingerprint density at radius 3 is 2.39 bits per heavy atom.